The number of hydrogen-bond acceptors (Lipinski definition) is 4. The van der Waals surface area contributed by atoms with Crippen molar-refractivity contribution in [2.45, 2.75) is 4.75 Å². The molecule has 0 heterocycles. The number of aromatic hydroxyl groups is 2. The molecule has 0 bridgehead atoms. The van der Waals surface area contributed by atoms with Crippen LogP contribution < -0.4 is 0 Å². The Labute approximate surface area is 186 Å². The minimum Gasteiger partial charge on any atom is -0.508 e. The molecule has 0 aliphatic carbocycles. The Kier molecular flexibility index (Phi) is 5.98. The summed E-state index contributed by atoms with van der Waals surface area (Å²) in [6.07, 6.45) is 0. The Morgan fingerprint density at radius 1 is 0.793 bits per heavy atom. The molecule has 0 amide bonds. The zero-order valence-electron chi connectivity index (χ0n) is 14.3. The second-order valence-electron chi connectivity index (χ2n) is 6.08. The molecule has 0 aromatic heterocycles. The molecule has 3 N–H and O–H groups in total. The number of hydrogen-bond donors (Lipinski definition) is 3. The molecule has 0 saturated carbocycles. The molecular weight excluding hydrogens is 482 g/mol. The maximum atomic E-state index is 13.0. The van der Waals surface area contributed by atoms with Gasteiger partial charge in [-0.3, -0.25) is 4.55 Å². The van der Waals surface area contributed by atoms with Crippen LogP contribution in [0, 0.1) is 0 Å². The molecule has 3 rings (SSSR count). The highest BCUT2D eigenvalue weighted by molar-refractivity contribution is 7.87. The molecule has 152 valence electrons. The van der Waals surface area contributed by atoms with Gasteiger partial charge in [0.15, 0.2) is 4.75 Å². The van der Waals surface area contributed by atoms with E-state index in [1.807, 2.05) is 0 Å². The Balaban J connectivity index is 2.68. The van der Waals surface area contributed by atoms with Gasteiger partial charge in [0.2, 0.25) is 0 Å². The van der Waals surface area contributed by atoms with E-state index in [1.54, 1.807) is 0 Å². The predicted octanol–water partition coefficient (Wildman–Crippen LogP) is 5.89. The summed E-state index contributed by atoms with van der Waals surface area (Å²) in [5.74, 6) is -1.19. The van der Waals surface area contributed by atoms with Crippen molar-refractivity contribution in [2.24, 2.45) is 0 Å². The molecule has 3 aromatic rings. The lowest BCUT2D eigenvalue weighted by atomic mass is 9.83. The van der Waals surface area contributed by atoms with Gasteiger partial charge in [0.25, 0.3) is 10.1 Å². The Morgan fingerprint density at radius 2 is 1.34 bits per heavy atom. The lowest BCUT2D eigenvalue weighted by Crippen LogP contribution is -2.38. The van der Waals surface area contributed by atoms with Crippen molar-refractivity contribution >= 4 is 56.5 Å². The second kappa shape index (κ2) is 7.87. The Morgan fingerprint density at radius 3 is 1.90 bits per heavy atom. The number of phenolic OH excluding ortho intramolecular Hbond substituents is 2. The van der Waals surface area contributed by atoms with Gasteiger partial charge >= 0.3 is 0 Å². The zero-order valence-corrected chi connectivity index (χ0v) is 18.1. The molecular formula is C19H12Cl4O5S. The highest BCUT2D eigenvalue weighted by atomic mass is 35.5. The fourth-order valence-corrected chi connectivity index (χ4v) is 5.62. The minimum atomic E-state index is -5.18. The topological polar surface area (TPSA) is 94.8 Å². The van der Waals surface area contributed by atoms with Crippen LogP contribution in [0.15, 0.2) is 54.6 Å². The first-order valence-corrected chi connectivity index (χ1v) is 10.8. The molecule has 0 fully saturated rings. The monoisotopic (exact) mass is 492 g/mol. The van der Waals surface area contributed by atoms with E-state index in [0.29, 0.717) is 0 Å². The van der Waals surface area contributed by atoms with E-state index in [9.17, 15) is 23.2 Å². The van der Waals surface area contributed by atoms with Crippen LogP contribution in [0.25, 0.3) is 0 Å². The van der Waals surface area contributed by atoms with Crippen LogP contribution in [0.3, 0.4) is 0 Å². The summed E-state index contributed by atoms with van der Waals surface area (Å²) in [6.45, 7) is 0. The van der Waals surface area contributed by atoms with E-state index in [2.05, 4.69) is 0 Å². The molecule has 3 aromatic carbocycles. The third kappa shape index (κ3) is 3.65. The van der Waals surface area contributed by atoms with Crippen LogP contribution >= 0.6 is 46.4 Å². The van der Waals surface area contributed by atoms with Gasteiger partial charge in [0.05, 0.1) is 5.02 Å². The standard InChI is InChI=1S/C19H12Cl4O5S/c20-11-7-10(8-12(21)9-11)19(29(26,27)28,13-3-1-2-4-16(13)24)17-14(22)5-6-15(23)18(17)25/h1-9,24-25H,(H,26,27,28). The molecule has 1 unspecified atom stereocenters. The quantitative estimate of drug-likeness (QED) is 0.311. The SMILES string of the molecule is O=S(=O)(O)C(c1cc(Cl)cc(Cl)c1)(c1ccccc1O)c1c(Cl)ccc(Cl)c1O. The van der Waals surface area contributed by atoms with E-state index in [1.165, 1.54) is 54.6 Å². The van der Waals surface area contributed by atoms with Crippen molar-refractivity contribution in [3.05, 3.63) is 91.4 Å². The van der Waals surface area contributed by atoms with Crippen LogP contribution in [0.1, 0.15) is 16.7 Å². The summed E-state index contributed by atoms with van der Waals surface area (Å²) in [4.78, 5) is 0. The predicted molar refractivity (Wildman–Crippen MR) is 114 cm³/mol. The maximum absolute atomic E-state index is 13.0. The van der Waals surface area contributed by atoms with E-state index >= 15 is 0 Å². The zero-order chi connectivity index (χ0) is 21.6. The number of para-hydroxylation sites is 1. The fraction of sp³-hybridized carbons (Fsp3) is 0.0526. The van der Waals surface area contributed by atoms with Crippen LogP contribution in [-0.4, -0.2) is 23.2 Å². The smallest absolute Gasteiger partial charge is 0.283 e. The van der Waals surface area contributed by atoms with Crippen molar-refractivity contribution in [1.29, 1.82) is 0 Å². The van der Waals surface area contributed by atoms with Gasteiger partial charge < -0.3 is 10.2 Å². The average Bonchev–Trinajstić information content (AvgIpc) is 2.61. The van der Waals surface area contributed by atoms with E-state index in [0.717, 1.165) is 0 Å². The van der Waals surface area contributed by atoms with E-state index < -0.39 is 31.9 Å². The summed E-state index contributed by atoms with van der Waals surface area (Å²) in [5.41, 5.74) is -0.923. The normalized spacial score (nSPS) is 13.8. The third-order valence-electron chi connectivity index (χ3n) is 4.37. The van der Waals surface area contributed by atoms with E-state index in [4.69, 9.17) is 46.4 Å². The third-order valence-corrected chi connectivity index (χ3v) is 6.86. The van der Waals surface area contributed by atoms with Crippen LogP contribution in [0.2, 0.25) is 20.1 Å². The first kappa shape index (κ1) is 22.0. The number of phenols is 2. The molecule has 0 saturated heterocycles. The van der Waals surface area contributed by atoms with Crippen molar-refractivity contribution in [3.63, 3.8) is 0 Å². The average molecular weight is 494 g/mol. The van der Waals surface area contributed by atoms with Crippen LogP contribution in [0.5, 0.6) is 11.5 Å². The Hall–Kier alpha value is -1.67. The largest absolute Gasteiger partial charge is 0.508 e. The van der Waals surface area contributed by atoms with Crippen LogP contribution in [-0.2, 0) is 14.9 Å². The van der Waals surface area contributed by atoms with E-state index in [-0.39, 0.29) is 31.2 Å². The van der Waals surface area contributed by atoms with Gasteiger partial charge in [0, 0.05) is 26.2 Å². The summed E-state index contributed by atoms with van der Waals surface area (Å²) in [6, 6.07) is 11.7. The van der Waals surface area contributed by atoms with Gasteiger partial charge in [-0.2, -0.15) is 8.42 Å². The lowest BCUT2D eigenvalue weighted by molar-refractivity contribution is 0.428. The first-order chi connectivity index (χ1) is 13.5. The lowest BCUT2D eigenvalue weighted by Gasteiger charge is -2.34. The Bertz CT molecular complexity index is 1190. The van der Waals surface area contributed by atoms with Gasteiger partial charge in [-0.25, -0.2) is 0 Å². The maximum Gasteiger partial charge on any atom is 0.283 e. The highest BCUT2D eigenvalue weighted by Crippen LogP contribution is 2.53. The van der Waals surface area contributed by atoms with Crippen molar-refractivity contribution in [1.82, 2.24) is 0 Å². The van der Waals surface area contributed by atoms with Crippen molar-refractivity contribution in [3.8, 4) is 11.5 Å². The van der Waals surface area contributed by atoms with Gasteiger partial charge in [0.1, 0.15) is 11.5 Å². The van der Waals surface area contributed by atoms with Crippen LogP contribution in [0.4, 0.5) is 0 Å². The van der Waals surface area contributed by atoms with Gasteiger partial charge in [-0.05, 0) is 42.0 Å². The first-order valence-electron chi connectivity index (χ1n) is 7.89. The van der Waals surface area contributed by atoms with Crippen molar-refractivity contribution in [2.75, 3.05) is 0 Å². The summed E-state index contributed by atoms with van der Waals surface area (Å²) >= 11 is 24.5. The van der Waals surface area contributed by atoms with Gasteiger partial charge in [-0.15, -0.1) is 0 Å². The van der Waals surface area contributed by atoms with Gasteiger partial charge in [-0.1, -0.05) is 64.6 Å². The molecule has 0 spiro atoms. The molecule has 29 heavy (non-hydrogen) atoms. The minimum absolute atomic E-state index is 0.0496. The molecule has 0 aliphatic rings. The summed E-state index contributed by atoms with van der Waals surface area (Å²) < 4.78 is 33.9. The molecule has 10 heteroatoms. The molecule has 1 atom stereocenters. The summed E-state index contributed by atoms with van der Waals surface area (Å²) in [7, 11) is -5.18. The second-order valence-corrected chi connectivity index (χ2v) is 9.33. The molecule has 0 radical (unpaired) electrons. The molecule has 5 nitrogen and oxygen atoms in total. The molecule has 0 aliphatic heterocycles. The number of halogens is 4. The summed E-state index contributed by atoms with van der Waals surface area (Å²) in [5, 5.41) is 20.9. The highest BCUT2D eigenvalue weighted by Gasteiger charge is 2.53. The number of rotatable bonds is 4. The fourth-order valence-electron chi connectivity index (χ4n) is 3.26. The van der Waals surface area contributed by atoms with Crippen molar-refractivity contribution < 1.29 is 23.2 Å². The number of benzene rings is 3.